The summed E-state index contributed by atoms with van der Waals surface area (Å²) in [5, 5.41) is 0. The van der Waals surface area contributed by atoms with Gasteiger partial charge < -0.3 is 4.90 Å². The largest absolute Gasteiger partial charge is 0.320 e. The Hall–Kier alpha value is -0.790. The van der Waals surface area contributed by atoms with Gasteiger partial charge in [0.2, 0.25) is 5.91 Å². The van der Waals surface area contributed by atoms with Crippen molar-refractivity contribution in [2.75, 3.05) is 7.05 Å². The molecule has 0 aliphatic carbocycles. The number of nitrogens with zero attached hydrogens (tertiary/aromatic N) is 1. The lowest BCUT2D eigenvalue weighted by Gasteiger charge is -2.19. The number of amides is 1. The van der Waals surface area contributed by atoms with Gasteiger partial charge in [-0.3, -0.25) is 4.79 Å². The molecule has 0 aromatic carbocycles. The zero-order valence-corrected chi connectivity index (χ0v) is 10.5. The average molecular weight is 211 g/mol. The summed E-state index contributed by atoms with van der Waals surface area (Å²) in [7, 11) is 1.83. The first-order valence-corrected chi connectivity index (χ1v) is 6.07. The molecule has 15 heavy (non-hydrogen) atoms. The van der Waals surface area contributed by atoms with Crippen LogP contribution in [0.1, 0.15) is 58.8 Å². The summed E-state index contributed by atoms with van der Waals surface area (Å²) < 4.78 is 0. The minimum atomic E-state index is 0.213. The third-order valence-electron chi connectivity index (χ3n) is 2.63. The van der Waals surface area contributed by atoms with E-state index >= 15 is 0 Å². The topological polar surface area (TPSA) is 20.3 Å². The van der Waals surface area contributed by atoms with Crippen LogP contribution in [0, 0.1) is 0 Å². The van der Waals surface area contributed by atoms with Gasteiger partial charge in [0.05, 0.1) is 0 Å². The van der Waals surface area contributed by atoms with Crippen molar-refractivity contribution >= 4 is 5.91 Å². The maximum absolute atomic E-state index is 11.7. The normalized spacial score (nSPS) is 10.1. The van der Waals surface area contributed by atoms with Gasteiger partial charge in [-0.2, -0.15) is 0 Å². The predicted octanol–water partition coefficient (Wildman–Crippen LogP) is 3.73. The Morgan fingerprint density at radius 1 is 1.07 bits per heavy atom. The summed E-state index contributed by atoms with van der Waals surface area (Å²) in [6.45, 7) is 8.19. The van der Waals surface area contributed by atoms with Crippen LogP contribution < -0.4 is 0 Å². The van der Waals surface area contributed by atoms with Crippen molar-refractivity contribution in [1.29, 1.82) is 0 Å². The first-order chi connectivity index (χ1) is 7.13. The van der Waals surface area contributed by atoms with Crippen molar-refractivity contribution in [3.8, 4) is 0 Å². The molecule has 0 fully saturated rings. The average Bonchev–Trinajstić information content (AvgIpc) is 2.23. The van der Waals surface area contributed by atoms with E-state index in [2.05, 4.69) is 20.4 Å². The van der Waals surface area contributed by atoms with Gasteiger partial charge in [0.25, 0.3) is 0 Å². The van der Waals surface area contributed by atoms with E-state index < -0.39 is 0 Å². The van der Waals surface area contributed by atoms with Crippen LogP contribution in [0.2, 0.25) is 0 Å². The lowest BCUT2D eigenvalue weighted by molar-refractivity contribution is -0.128. The van der Waals surface area contributed by atoms with Crippen molar-refractivity contribution in [2.45, 2.75) is 58.8 Å². The molecule has 0 unspecified atom stereocenters. The number of allylic oxidation sites excluding steroid dienone is 1. The molecular weight excluding hydrogens is 186 g/mol. The van der Waals surface area contributed by atoms with Gasteiger partial charge in [0, 0.05) is 19.2 Å². The maximum Gasteiger partial charge on any atom is 0.226 e. The van der Waals surface area contributed by atoms with E-state index in [9.17, 15) is 4.79 Å². The highest BCUT2D eigenvalue weighted by Gasteiger charge is 2.10. The van der Waals surface area contributed by atoms with Gasteiger partial charge >= 0.3 is 0 Å². The Kier molecular flexibility index (Phi) is 8.06. The second-order valence-electron chi connectivity index (χ2n) is 4.08. The number of hydrogen-bond acceptors (Lipinski definition) is 1. The quantitative estimate of drug-likeness (QED) is 0.560. The first kappa shape index (κ1) is 14.2. The lowest BCUT2D eigenvalue weighted by atomic mass is 10.1. The van der Waals surface area contributed by atoms with Crippen LogP contribution in [0.3, 0.4) is 0 Å². The van der Waals surface area contributed by atoms with E-state index in [0.29, 0.717) is 6.42 Å². The summed E-state index contributed by atoms with van der Waals surface area (Å²) >= 11 is 0. The molecule has 0 saturated heterocycles. The SMILES string of the molecule is C=C(CCC)N(C)C(=O)CCCCCC. The highest BCUT2D eigenvalue weighted by molar-refractivity contribution is 5.77. The minimum absolute atomic E-state index is 0.213. The summed E-state index contributed by atoms with van der Waals surface area (Å²) in [6.07, 6.45) is 7.24. The van der Waals surface area contributed by atoms with Crippen molar-refractivity contribution in [2.24, 2.45) is 0 Å². The molecule has 2 heteroatoms. The molecular formula is C13H25NO. The molecule has 88 valence electrons. The molecule has 0 N–H and O–H groups in total. The van der Waals surface area contributed by atoms with E-state index in [1.165, 1.54) is 12.8 Å². The van der Waals surface area contributed by atoms with Crippen LogP contribution in [-0.4, -0.2) is 17.9 Å². The third-order valence-corrected chi connectivity index (χ3v) is 2.63. The van der Waals surface area contributed by atoms with E-state index in [-0.39, 0.29) is 5.91 Å². The van der Waals surface area contributed by atoms with Gasteiger partial charge in [0.15, 0.2) is 0 Å². The molecule has 0 atom stereocenters. The smallest absolute Gasteiger partial charge is 0.226 e. The van der Waals surface area contributed by atoms with Crippen LogP contribution in [-0.2, 0) is 4.79 Å². The Bertz CT molecular complexity index is 199. The first-order valence-electron chi connectivity index (χ1n) is 6.07. The lowest BCUT2D eigenvalue weighted by Crippen LogP contribution is -2.25. The molecule has 0 saturated carbocycles. The zero-order chi connectivity index (χ0) is 11.7. The van der Waals surface area contributed by atoms with Crippen LogP contribution in [0.4, 0.5) is 0 Å². The van der Waals surface area contributed by atoms with Gasteiger partial charge in [-0.15, -0.1) is 0 Å². The second-order valence-corrected chi connectivity index (χ2v) is 4.08. The molecule has 0 heterocycles. The Labute approximate surface area is 94.4 Å². The molecule has 2 nitrogen and oxygen atoms in total. The van der Waals surface area contributed by atoms with E-state index in [0.717, 1.165) is 31.4 Å². The van der Waals surface area contributed by atoms with Crippen molar-refractivity contribution in [3.63, 3.8) is 0 Å². The molecule has 0 bridgehead atoms. The monoisotopic (exact) mass is 211 g/mol. The molecule has 0 aliphatic rings. The summed E-state index contributed by atoms with van der Waals surface area (Å²) in [5.74, 6) is 0.213. The Balaban J connectivity index is 3.73. The van der Waals surface area contributed by atoms with E-state index in [1.807, 2.05) is 7.05 Å². The summed E-state index contributed by atoms with van der Waals surface area (Å²) in [5.41, 5.74) is 0.943. The fraction of sp³-hybridized carbons (Fsp3) is 0.769. The maximum atomic E-state index is 11.7. The van der Waals surface area contributed by atoms with Gasteiger partial charge in [-0.1, -0.05) is 46.1 Å². The highest BCUT2D eigenvalue weighted by atomic mass is 16.2. The number of hydrogen-bond donors (Lipinski definition) is 0. The number of unbranched alkanes of at least 4 members (excludes halogenated alkanes) is 3. The molecule has 0 aliphatic heterocycles. The van der Waals surface area contributed by atoms with Crippen LogP contribution in [0.25, 0.3) is 0 Å². The summed E-state index contributed by atoms with van der Waals surface area (Å²) in [4.78, 5) is 13.4. The Morgan fingerprint density at radius 3 is 2.27 bits per heavy atom. The van der Waals surface area contributed by atoms with Gasteiger partial charge in [0.1, 0.15) is 0 Å². The van der Waals surface area contributed by atoms with Gasteiger partial charge in [-0.05, 0) is 12.8 Å². The molecule has 0 radical (unpaired) electrons. The highest BCUT2D eigenvalue weighted by Crippen LogP contribution is 2.10. The van der Waals surface area contributed by atoms with Crippen LogP contribution >= 0.6 is 0 Å². The van der Waals surface area contributed by atoms with Crippen molar-refractivity contribution < 1.29 is 4.79 Å². The fourth-order valence-electron chi connectivity index (χ4n) is 1.50. The number of carbonyl (C=O) groups excluding carboxylic acids is 1. The molecule has 0 aromatic heterocycles. The van der Waals surface area contributed by atoms with Crippen molar-refractivity contribution in [1.82, 2.24) is 4.90 Å². The standard InChI is InChI=1S/C13H25NO/c1-5-7-8-9-11-13(15)14(4)12(3)10-6-2/h3,5-11H2,1-2,4H3. The van der Waals surface area contributed by atoms with E-state index in [4.69, 9.17) is 0 Å². The van der Waals surface area contributed by atoms with Crippen LogP contribution in [0.5, 0.6) is 0 Å². The minimum Gasteiger partial charge on any atom is -0.320 e. The zero-order valence-electron chi connectivity index (χ0n) is 10.5. The predicted molar refractivity (Wildman–Crippen MR) is 65.6 cm³/mol. The number of carbonyl (C=O) groups is 1. The molecule has 0 aromatic rings. The van der Waals surface area contributed by atoms with Crippen molar-refractivity contribution in [3.05, 3.63) is 12.3 Å². The van der Waals surface area contributed by atoms with Gasteiger partial charge in [-0.25, -0.2) is 0 Å². The molecule has 0 spiro atoms. The number of rotatable bonds is 8. The second kappa shape index (κ2) is 8.51. The van der Waals surface area contributed by atoms with E-state index in [1.54, 1.807) is 4.90 Å². The molecule has 0 rings (SSSR count). The Morgan fingerprint density at radius 2 is 1.73 bits per heavy atom. The fourth-order valence-corrected chi connectivity index (χ4v) is 1.50. The third kappa shape index (κ3) is 6.32. The summed E-state index contributed by atoms with van der Waals surface area (Å²) in [6, 6.07) is 0. The van der Waals surface area contributed by atoms with Crippen LogP contribution in [0.15, 0.2) is 12.3 Å². The molecule has 1 amide bonds.